The number of rotatable bonds is 4. The highest BCUT2D eigenvalue weighted by atomic mass is 16.7. The summed E-state index contributed by atoms with van der Waals surface area (Å²) in [5.41, 5.74) is 0.357. The maximum atomic E-state index is 11.8. The molecule has 0 saturated heterocycles. The summed E-state index contributed by atoms with van der Waals surface area (Å²) in [6, 6.07) is 6.76. The molecular weight excluding hydrogens is 234 g/mol. The predicted octanol–water partition coefficient (Wildman–Crippen LogP) is 2.26. The van der Waals surface area contributed by atoms with Crippen molar-refractivity contribution in [3.05, 3.63) is 23.8 Å². The lowest BCUT2D eigenvalue weighted by molar-refractivity contribution is 0.0392. The van der Waals surface area contributed by atoms with E-state index in [9.17, 15) is 4.79 Å². The van der Waals surface area contributed by atoms with E-state index in [4.69, 9.17) is 19.5 Å². The second-order valence-corrected chi connectivity index (χ2v) is 3.88. The molecule has 1 aliphatic rings. The molecule has 94 valence electrons. The van der Waals surface area contributed by atoms with Crippen molar-refractivity contribution >= 4 is 5.97 Å². The second-order valence-electron chi connectivity index (χ2n) is 3.88. The van der Waals surface area contributed by atoms with E-state index in [1.165, 1.54) is 0 Å². The van der Waals surface area contributed by atoms with Gasteiger partial charge in [-0.25, -0.2) is 4.79 Å². The first-order chi connectivity index (χ1) is 8.74. The molecule has 0 aliphatic carbocycles. The Morgan fingerprint density at radius 1 is 1.50 bits per heavy atom. The number of ether oxygens (including phenoxy) is 3. The highest BCUT2D eigenvalue weighted by Gasteiger charge is 2.19. The van der Waals surface area contributed by atoms with Gasteiger partial charge in [-0.3, -0.25) is 0 Å². The third-order valence-electron chi connectivity index (χ3n) is 2.55. The largest absolute Gasteiger partial charge is 0.454 e. The Labute approximate surface area is 105 Å². The van der Waals surface area contributed by atoms with Gasteiger partial charge in [0.1, 0.15) is 6.07 Å². The molecule has 1 heterocycles. The molecule has 18 heavy (non-hydrogen) atoms. The van der Waals surface area contributed by atoms with Crippen LogP contribution in [-0.4, -0.2) is 18.9 Å². The van der Waals surface area contributed by atoms with Gasteiger partial charge in [0.2, 0.25) is 6.79 Å². The summed E-state index contributed by atoms with van der Waals surface area (Å²) in [6.45, 7) is 2.09. The molecule has 0 radical (unpaired) electrons. The topological polar surface area (TPSA) is 68.5 Å². The van der Waals surface area contributed by atoms with Crippen LogP contribution in [-0.2, 0) is 4.74 Å². The minimum Gasteiger partial charge on any atom is -0.454 e. The Bertz CT molecular complexity index is 492. The van der Waals surface area contributed by atoms with E-state index in [0.717, 1.165) is 6.42 Å². The molecule has 0 bridgehead atoms. The lowest BCUT2D eigenvalue weighted by Crippen LogP contribution is -2.16. The van der Waals surface area contributed by atoms with E-state index in [2.05, 4.69) is 0 Å². The van der Waals surface area contributed by atoms with Crippen molar-refractivity contribution in [1.29, 1.82) is 5.26 Å². The smallest absolute Gasteiger partial charge is 0.339 e. The van der Waals surface area contributed by atoms with Crippen LogP contribution in [0.5, 0.6) is 11.5 Å². The molecule has 0 spiro atoms. The highest BCUT2D eigenvalue weighted by molar-refractivity contribution is 5.90. The first kappa shape index (κ1) is 12.2. The molecule has 0 saturated carbocycles. The Hall–Kier alpha value is -2.22. The molecule has 1 aromatic rings. The lowest BCUT2D eigenvalue weighted by atomic mass is 10.2. The monoisotopic (exact) mass is 247 g/mol. The minimum absolute atomic E-state index is 0.157. The van der Waals surface area contributed by atoms with Gasteiger partial charge in [-0.1, -0.05) is 13.3 Å². The molecule has 1 unspecified atom stereocenters. The summed E-state index contributed by atoms with van der Waals surface area (Å²) in [7, 11) is 0. The summed E-state index contributed by atoms with van der Waals surface area (Å²) in [5, 5.41) is 8.84. The standard InChI is InChI=1S/C13H13NO4/c1-2-3-10(7-14)18-13(15)9-4-5-11-12(6-9)17-8-16-11/h4-6,10H,2-3,8H2,1H3. The van der Waals surface area contributed by atoms with Crippen molar-refractivity contribution in [2.75, 3.05) is 6.79 Å². The summed E-state index contributed by atoms with van der Waals surface area (Å²) < 4.78 is 15.4. The normalized spacial score (nSPS) is 13.8. The number of nitriles is 1. The van der Waals surface area contributed by atoms with E-state index in [1.807, 2.05) is 13.0 Å². The maximum absolute atomic E-state index is 11.8. The molecule has 0 N–H and O–H groups in total. The maximum Gasteiger partial charge on any atom is 0.339 e. The van der Waals surface area contributed by atoms with Crippen molar-refractivity contribution < 1.29 is 19.0 Å². The Kier molecular flexibility index (Phi) is 3.68. The quantitative estimate of drug-likeness (QED) is 0.763. The molecule has 1 aromatic carbocycles. The molecule has 1 aliphatic heterocycles. The first-order valence-electron chi connectivity index (χ1n) is 5.75. The van der Waals surface area contributed by atoms with Gasteiger partial charge in [-0.05, 0) is 24.6 Å². The van der Waals surface area contributed by atoms with Gasteiger partial charge in [-0.2, -0.15) is 5.26 Å². The van der Waals surface area contributed by atoms with Crippen LogP contribution in [0, 0.1) is 11.3 Å². The van der Waals surface area contributed by atoms with Gasteiger partial charge in [0.25, 0.3) is 0 Å². The number of nitrogens with zero attached hydrogens (tertiary/aromatic N) is 1. The van der Waals surface area contributed by atoms with Crippen LogP contribution >= 0.6 is 0 Å². The van der Waals surface area contributed by atoms with E-state index >= 15 is 0 Å². The number of fused-ring (bicyclic) bond motifs is 1. The van der Waals surface area contributed by atoms with E-state index in [-0.39, 0.29) is 6.79 Å². The number of hydrogen-bond acceptors (Lipinski definition) is 5. The molecule has 2 rings (SSSR count). The molecule has 5 heteroatoms. The fourth-order valence-corrected chi connectivity index (χ4v) is 1.63. The van der Waals surface area contributed by atoms with Crippen molar-refractivity contribution in [3.8, 4) is 17.6 Å². The second kappa shape index (κ2) is 5.41. The third-order valence-corrected chi connectivity index (χ3v) is 2.55. The summed E-state index contributed by atoms with van der Waals surface area (Å²) >= 11 is 0. The zero-order valence-electron chi connectivity index (χ0n) is 10.0. The van der Waals surface area contributed by atoms with Gasteiger partial charge in [0.05, 0.1) is 5.56 Å². The van der Waals surface area contributed by atoms with Crippen LogP contribution in [0.1, 0.15) is 30.1 Å². The number of carbonyl (C=O) groups excluding carboxylic acids is 1. The van der Waals surface area contributed by atoms with Gasteiger partial charge in [0, 0.05) is 0 Å². The summed E-state index contributed by atoms with van der Waals surface area (Å²) in [6.07, 6.45) is 0.618. The average Bonchev–Trinajstić information content (AvgIpc) is 2.85. The predicted molar refractivity (Wildman–Crippen MR) is 62.3 cm³/mol. The summed E-state index contributed by atoms with van der Waals surface area (Å²) in [4.78, 5) is 11.8. The first-order valence-corrected chi connectivity index (χ1v) is 5.75. The number of hydrogen-bond donors (Lipinski definition) is 0. The lowest BCUT2D eigenvalue weighted by Gasteiger charge is -2.09. The zero-order chi connectivity index (χ0) is 13.0. The van der Waals surface area contributed by atoms with Crippen LogP contribution in [0.2, 0.25) is 0 Å². The molecule has 1 atom stereocenters. The van der Waals surface area contributed by atoms with Crippen LogP contribution in [0.15, 0.2) is 18.2 Å². The molecule has 5 nitrogen and oxygen atoms in total. The third kappa shape index (κ3) is 2.54. The molecule has 0 aromatic heterocycles. The fraction of sp³-hybridized carbons (Fsp3) is 0.385. The molecule has 0 fully saturated rings. The van der Waals surface area contributed by atoms with Crippen molar-refractivity contribution in [2.45, 2.75) is 25.9 Å². The van der Waals surface area contributed by atoms with Crippen molar-refractivity contribution in [2.24, 2.45) is 0 Å². The van der Waals surface area contributed by atoms with E-state index in [0.29, 0.717) is 23.5 Å². The van der Waals surface area contributed by atoms with Gasteiger partial charge in [0.15, 0.2) is 17.6 Å². The minimum atomic E-state index is -0.701. The van der Waals surface area contributed by atoms with Crippen LogP contribution < -0.4 is 9.47 Å². The van der Waals surface area contributed by atoms with Gasteiger partial charge < -0.3 is 14.2 Å². The molecular formula is C13H13NO4. The fourth-order valence-electron chi connectivity index (χ4n) is 1.63. The average molecular weight is 247 g/mol. The van der Waals surface area contributed by atoms with Gasteiger partial charge in [-0.15, -0.1) is 0 Å². The highest BCUT2D eigenvalue weighted by Crippen LogP contribution is 2.32. The van der Waals surface area contributed by atoms with Crippen molar-refractivity contribution in [1.82, 2.24) is 0 Å². The number of esters is 1. The summed E-state index contributed by atoms with van der Waals surface area (Å²) in [5.74, 6) is 0.610. The Morgan fingerprint density at radius 3 is 3.00 bits per heavy atom. The SMILES string of the molecule is CCCC(C#N)OC(=O)c1ccc2c(c1)OCO2. The zero-order valence-corrected chi connectivity index (χ0v) is 10.0. The van der Waals surface area contributed by atoms with Gasteiger partial charge >= 0.3 is 5.97 Å². The Balaban J connectivity index is 2.07. The number of benzene rings is 1. The Morgan fingerprint density at radius 2 is 2.28 bits per heavy atom. The van der Waals surface area contributed by atoms with Crippen LogP contribution in [0.4, 0.5) is 0 Å². The van der Waals surface area contributed by atoms with Crippen LogP contribution in [0.3, 0.4) is 0 Å². The van der Waals surface area contributed by atoms with E-state index in [1.54, 1.807) is 18.2 Å². The van der Waals surface area contributed by atoms with E-state index < -0.39 is 12.1 Å². The van der Waals surface area contributed by atoms with Crippen molar-refractivity contribution in [3.63, 3.8) is 0 Å². The molecule has 0 amide bonds. The van der Waals surface area contributed by atoms with Crippen LogP contribution in [0.25, 0.3) is 0 Å². The number of carbonyl (C=O) groups is 1.